The van der Waals surface area contributed by atoms with Crippen molar-refractivity contribution in [1.29, 1.82) is 0 Å². The second-order valence-electron chi connectivity index (χ2n) is 4.14. The number of amidine groups is 1. The summed E-state index contributed by atoms with van der Waals surface area (Å²) in [6.45, 7) is 6.91. The van der Waals surface area contributed by atoms with E-state index in [9.17, 15) is 14.7 Å². The Kier molecular flexibility index (Phi) is 9.81. The molecule has 23 heavy (non-hydrogen) atoms. The molecule has 0 radical (unpaired) electrons. The summed E-state index contributed by atoms with van der Waals surface area (Å²) < 4.78 is 14.4. The quantitative estimate of drug-likeness (QED) is 0.161. The molecule has 0 saturated heterocycles. The molecule has 0 aromatic carbocycles. The number of esters is 2. The third-order valence-corrected chi connectivity index (χ3v) is 2.26. The molecule has 0 spiro atoms. The van der Waals surface area contributed by atoms with E-state index in [0.717, 1.165) is 0 Å². The number of hydrogen-bond donors (Lipinski definition) is 2. The van der Waals surface area contributed by atoms with Gasteiger partial charge in [-0.2, -0.15) is 5.10 Å². The number of carbonyl (C=O) groups is 2. The Morgan fingerprint density at radius 3 is 2.09 bits per heavy atom. The van der Waals surface area contributed by atoms with Gasteiger partial charge in [-0.05, 0) is 27.7 Å². The zero-order chi connectivity index (χ0) is 17.8. The third-order valence-electron chi connectivity index (χ3n) is 2.26. The SMILES string of the molecule is CCOC(=O)C/C(C)=N/N=C(N)/C(C(=O)OCC)=C(\O)OCC. The predicted octanol–water partition coefficient (Wildman–Crippen LogP) is 1.04. The topological polar surface area (TPSA) is 133 Å². The van der Waals surface area contributed by atoms with Crippen molar-refractivity contribution in [2.24, 2.45) is 15.9 Å². The molecule has 0 atom stereocenters. The van der Waals surface area contributed by atoms with Gasteiger partial charge in [-0.25, -0.2) is 4.79 Å². The smallest absolute Gasteiger partial charge is 0.349 e. The Balaban J connectivity index is 5.28. The van der Waals surface area contributed by atoms with E-state index in [1.165, 1.54) is 0 Å². The lowest BCUT2D eigenvalue weighted by molar-refractivity contribution is -0.141. The minimum absolute atomic E-state index is 0.0689. The molecule has 3 N–H and O–H groups in total. The maximum absolute atomic E-state index is 11.8. The molecule has 0 heterocycles. The summed E-state index contributed by atoms with van der Waals surface area (Å²) in [5.41, 5.74) is 5.54. The number of hydrogen-bond acceptors (Lipinski definition) is 8. The van der Waals surface area contributed by atoms with Crippen LogP contribution in [0.4, 0.5) is 0 Å². The van der Waals surface area contributed by atoms with Crippen molar-refractivity contribution in [1.82, 2.24) is 0 Å². The second kappa shape index (κ2) is 11.0. The first-order valence-electron chi connectivity index (χ1n) is 7.12. The van der Waals surface area contributed by atoms with Gasteiger partial charge in [0.2, 0.25) is 0 Å². The Morgan fingerprint density at radius 1 is 1.00 bits per heavy atom. The van der Waals surface area contributed by atoms with Crippen LogP contribution >= 0.6 is 0 Å². The van der Waals surface area contributed by atoms with E-state index in [1.54, 1.807) is 27.7 Å². The van der Waals surface area contributed by atoms with Crippen molar-refractivity contribution in [3.8, 4) is 0 Å². The summed E-state index contributed by atoms with van der Waals surface area (Å²) in [6, 6.07) is 0. The average molecular weight is 329 g/mol. The van der Waals surface area contributed by atoms with E-state index in [4.69, 9.17) is 19.9 Å². The van der Waals surface area contributed by atoms with Gasteiger partial charge in [0.05, 0.1) is 26.2 Å². The largest absolute Gasteiger partial charge is 0.480 e. The highest BCUT2D eigenvalue weighted by atomic mass is 16.6. The van der Waals surface area contributed by atoms with Gasteiger partial charge >= 0.3 is 11.9 Å². The molecule has 0 rings (SSSR count). The van der Waals surface area contributed by atoms with Gasteiger partial charge in [0.25, 0.3) is 5.95 Å². The standard InChI is InChI=1S/C14H23N3O6/c1-5-21-10(18)8-9(4)16-17-12(15)11(13(19)22-6-2)14(20)23-7-3/h19H,5-8H2,1-4H3,(H2,15,17)/b13-11-,16-9+. The zero-order valence-electron chi connectivity index (χ0n) is 13.8. The molecule has 9 heteroatoms. The maximum Gasteiger partial charge on any atom is 0.349 e. The zero-order valence-corrected chi connectivity index (χ0v) is 13.8. The number of nitrogens with zero attached hydrogens (tertiary/aromatic N) is 2. The summed E-state index contributed by atoms with van der Waals surface area (Å²) in [5, 5.41) is 17.1. The first-order chi connectivity index (χ1) is 10.9. The molecule has 0 aliphatic rings. The van der Waals surface area contributed by atoms with Crippen LogP contribution in [0.25, 0.3) is 0 Å². The molecule has 0 amide bonds. The van der Waals surface area contributed by atoms with Crippen molar-refractivity contribution < 1.29 is 28.9 Å². The molecule has 0 aliphatic heterocycles. The third kappa shape index (κ3) is 7.84. The fourth-order valence-corrected chi connectivity index (χ4v) is 1.36. The summed E-state index contributed by atoms with van der Waals surface area (Å²) in [4.78, 5) is 23.1. The molecule has 0 bridgehead atoms. The van der Waals surface area contributed by atoms with Gasteiger partial charge in [-0.1, -0.05) is 0 Å². The Labute approximate surface area is 134 Å². The first-order valence-corrected chi connectivity index (χ1v) is 7.12. The Hall–Kier alpha value is -2.58. The van der Waals surface area contributed by atoms with E-state index < -0.39 is 29.3 Å². The van der Waals surface area contributed by atoms with Crippen molar-refractivity contribution in [2.45, 2.75) is 34.1 Å². The van der Waals surface area contributed by atoms with Crippen LogP contribution in [0.15, 0.2) is 21.7 Å². The fourth-order valence-electron chi connectivity index (χ4n) is 1.36. The highest BCUT2D eigenvalue weighted by Gasteiger charge is 2.22. The highest BCUT2D eigenvalue weighted by Crippen LogP contribution is 2.07. The lowest BCUT2D eigenvalue weighted by Gasteiger charge is -2.08. The van der Waals surface area contributed by atoms with E-state index >= 15 is 0 Å². The van der Waals surface area contributed by atoms with Crippen molar-refractivity contribution in [3.05, 3.63) is 11.5 Å². The predicted molar refractivity (Wildman–Crippen MR) is 83.9 cm³/mol. The normalized spacial score (nSPS) is 13.2. The molecular formula is C14H23N3O6. The average Bonchev–Trinajstić information content (AvgIpc) is 2.46. The molecule has 130 valence electrons. The molecule has 0 unspecified atom stereocenters. The van der Waals surface area contributed by atoms with E-state index in [0.29, 0.717) is 5.71 Å². The van der Waals surface area contributed by atoms with Crippen molar-refractivity contribution in [3.63, 3.8) is 0 Å². The lowest BCUT2D eigenvalue weighted by Crippen LogP contribution is -2.25. The summed E-state index contributed by atoms with van der Waals surface area (Å²) in [7, 11) is 0. The van der Waals surface area contributed by atoms with E-state index in [1.807, 2.05) is 0 Å². The molecule has 0 aromatic heterocycles. The fraction of sp³-hybridized carbons (Fsp3) is 0.571. The molecule has 0 aliphatic carbocycles. The molecular weight excluding hydrogens is 306 g/mol. The second-order valence-corrected chi connectivity index (χ2v) is 4.14. The number of carbonyl (C=O) groups excluding carboxylic acids is 2. The van der Waals surface area contributed by atoms with E-state index in [-0.39, 0.29) is 26.2 Å². The number of ether oxygens (including phenoxy) is 3. The van der Waals surface area contributed by atoms with Crippen LogP contribution in [-0.2, 0) is 23.8 Å². The van der Waals surface area contributed by atoms with Crippen LogP contribution in [-0.4, -0.2) is 48.4 Å². The Bertz CT molecular complexity index is 511. The molecule has 0 saturated carbocycles. The van der Waals surface area contributed by atoms with Crippen LogP contribution in [0, 0.1) is 0 Å². The number of rotatable bonds is 9. The van der Waals surface area contributed by atoms with Gasteiger partial charge < -0.3 is 25.1 Å². The van der Waals surface area contributed by atoms with Crippen LogP contribution in [0.5, 0.6) is 0 Å². The van der Waals surface area contributed by atoms with E-state index in [2.05, 4.69) is 10.2 Å². The van der Waals surface area contributed by atoms with Crippen molar-refractivity contribution >= 4 is 23.5 Å². The Morgan fingerprint density at radius 2 is 1.57 bits per heavy atom. The number of aliphatic hydroxyl groups is 1. The molecule has 9 nitrogen and oxygen atoms in total. The van der Waals surface area contributed by atoms with Crippen LogP contribution in [0.1, 0.15) is 34.1 Å². The first kappa shape index (κ1) is 20.4. The van der Waals surface area contributed by atoms with Crippen LogP contribution in [0.2, 0.25) is 0 Å². The van der Waals surface area contributed by atoms with Gasteiger partial charge in [0.1, 0.15) is 0 Å². The van der Waals surface area contributed by atoms with Gasteiger partial charge in [-0.15, -0.1) is 5.10 Å². The highest BCUT2D eigenvalue weighted by molar-refractivity contribution is 6.18. The monoisotopic (exact) mass is 329 g/mol. The van der Waals surface area contributed by atoms with Gasteiger partial charge in [-0.3, -0.25) is 4.79 Å². The number of nitrogens with two attached hydrogens (primary N) is 1. The van der Waals surface area contributed by atoms with Gasteiger partial charge in [0, 0.05) is 5.71 Å². The summed E-state index contributed by atoms with van der Waals surface area (Å²) in [6.07, 6.45) is -0.0689. The van der Waals surface area contributed by atoms with Crippen LogP contribution < -0.4 is 5.73 Å². The summed E-state index contributed by atoms with van der Waals surface area (Å²) >= 11 is 0. The van der Waals surface area contributed by atoms with Gasteiger partial charge in [0.15, 0.2) is 11.4 Å². The lowest BCUT2D eigenvalue weighted by atomic mass is 10.2. The summed E-state index contributed by atoms with van der Waals surface area (Å²) in [5.74, 6) is -2.44. The van der Waals surface area contributed by atoms with Crippen LogP contribution in [0.3, 0.4) is 0 Å². The number of aliphatic hydroxyl groups excluding tert-OH is 1. The molecule has 0 aromatic rings. The minimum Gasteiger partial charge on any atom is -0.480 e. The minimum atomic E-state index is -0.891. The molecule has 0 fully saturated rings. The maximum atomic E-state index is 11.8. The van der Waals surface area contributed by atoms with Crippen molar-refractivity contribution in [2.75, 3.05) is 19.8 Å².